The largest absolute Gasteiger partial charge is 0.378 e. The van der Waals surface area contributed by atoms with Gasteiger partial charge in [0.2, 0.25) is 0 Å². The van der Waals surface area contributed by atoms with Crippen molar-refractivity contribution < 1.29 is 8.78 Å². The first-order valence-electron chi connectivity index (χ1n) is 5.55. The normalized spacial score (nSPS) is 10.2. The standard InChI is InChI=1S/C14H14F2N2/c1-18(2)14-5-3-12(4-6-14)17-13-8-10(15)7-11(16)9-13/h3-9,17H,1-2H3. The summed E-state index contributed by atoms with van der Waals surface area (Å²) in [6.07, 6.45) is 0. The van der Waals surface area contributed by atoms with E-state index in [9.17, 15) is 8.78 Å². The van der Waals surface area contributed by atoms with E-state index in [2.05, 4.69) is 5.32 Å². The van der Waals surface area contributed by atoms with Crippen molar-refractivity contribution in [2.45, 2.75) is 0 Å². The molecule has 0 aliphatic heterocycles. The highest BCUT2D eigenvalue weighted by Crippen LogP contribution is 2.21. The van der Waals surface area contributed by atoms with E-state index in [1.54, 1.807) is 0 Å². The molecule has 2 aromatic carbocycles. The fraction of sp³-hybridized carbons (Fsp3) is 0.143. The lowest BCUT2D eigenvalue weighted by Gasteiger charge is -2.13. The molecule has 94 valence electrons. The van der Waals surface area contributed by atoms with Crippen molar-refractivity contribution in [3.8, 4) is 0 Å². The van der Waals surface area contributed by atoms with Gasteiger partial charge in [-0.05, 0) is 36.4 Å². The number of nitrogens with zero attached hydrogens (tertiary/aromatic N) is 1. The lowest BCUT2D eigenvalue weighted by molar-refractivity contribution is 0.584. The van der Waals surface area contributed by atoms with Crippen LogP contribution in [0.15, 0.2) is 42.5 Å². The summed E-state index contributed by atoms with van der Waals surface area (Å²) in [5, 5.41) is 2.95. The van der Waals surface area contributed by atoms with Gasteiger partial charge >= 0.3 is 0 Å². The maximum Gasteiger partial charge on any atom is 0.128 e. The van der Waals surface area contributed by atoms with Gasteiger partial charge in [0.25, 0.3) is 0 Å². The van der Waals surface area contributed by atoms with Gasteiger partial charge in [0, 0.05) is 37.2 Å². The smallest absolute Gasteiger partial charge is 0.128 e. The van der Waals surface area contributed by atoms with Gasteiger partial charge in [0.05, 0.1) is 0 Å². The highest BCUT2D eigenvalue weighted by atomic mass is 19.1. The molecule has 0 aromatic heterocycles. The Hall–Kier alpha value is -2.10. The van der Waals surface area contributed by atoms with E-state index in [1.165, 1.54) is 12.1 Å². The molecule has 0 unspecified atom stereocenters. The summed E-state index contributed by atoms with van der Waals surface area (Å²) in [6.45, 7) is 0. The molecule has 0 bridgehead atoms. The maximum atomic E-state index is 13.0. The minimum Gasteiger partial charge on any atom is -0.378 e. The minimum atomic E-state index is -0.595. The van der Waals surface area contributed by atoms with Crippen LogP contribution in [-0.2, 0) is 0 Å². The SMILES string of the molecule is CN(C)c1ccc(Nc2cc(F)cc(F)c2)cc1. The second kappa shape index (κ2) is 5.04. The van der Waals surface area contributed by atoms with Crippen molar-refractivity contribution in [1.82, 2.24) is 0 Å². The summed E-state index contributed by atoms with van der Waals surface area (Å²) >= 11 is 0. The fourth-order valence-electron chi connectivity index (χ4n) is 1.64. The Morgan fingerprint density at radius 3 is 1.89 bits per heavy atom. The van der Waals surface area contributed by atoms with Gasteiger partial charge in [-0.15, -0.1) is 0 Å². The van der Waals surface area contributed by atoms with Crippen LogP contribution in [0.4, 0.5) is 25.8 Å². The average molecular weight is 248 g/mol. The fourth-order valence-corrected chi connectivity index (χ4v) is 1.64. The molecule has 2 nitrogen and oxygen atoms in total. The predicted molar refractivity (Wildman–Crippen MR) is 70.4 cm³/mol. The first-order valence-corrected chi connectivity index (χ1v) is 5.55. The monoisotopic (exact) mass is 248 g/mol. The molecule has 0 aliphatic carbocycles. The third kappa shape index (κ3) is 2.97. The Kier molecular flexibility index (Phi) is 3.46. The molecule has 0 atom stereocenters. The van der Waals surface area contributed by atoms with Crippen LogP contribution in [0.25, 0.3) is 0 Å². The van der Waals surface area contributed by atoms with Crippen LogP contribution in [-0.4, -0.2) is 14.1 Å². The molecule has 0 fully saturated rings. The van der Waals surface area contributed by atoms with Crippen molar-refractivity contribution in [1.29, 1.82) is 0 Å². The molecule has 2 rings (SSSR count). The Morgan fingerprint density at radius 2 is 1.39 bits per heavy atom. The molecule has 18 heavy (non-hydrogen) atoms. The molecule has 2 aromatic rings. The first kappa shape index (κ1) is 12.4. The number of hydrogen-bond donors (Lipinski definition) is 1. The minimum absolute atomic E-state index is 0.394. The summed E-state index contributed by atoms with van der Waals surface area (Å²) in [6, 6.07) is 10.9. The van der Waals surface area contributed by atoms with Crippen LogP contribution < -0.4 is 10.2 Å². The zero-order valence-electron chi connectivity index (χ0n) is 10.2. The van der Waals surface area contributed by atoms with Gasteiger partial charge in [0.15, 0.2) is 0 Å². The molecule has 0 saturated heterocycles. The van der Waals surface area contributed by atoms with Gasteiger partial charge in [0.1, 0.15) is 11.6 Å². The summed E-state index contributed by atoms with van der Waals surface area (Å²) in [5.74, 6) is -1.19. The molecular weight excluding hydrogens is 234 g/mol. The van der Waals surface area contributed by atoms with Crippen molar-refractivity contribution in [2.24, 2.45) is 0 Å². The number of rotatable bonds is 3. The maximum absolute atomic E-state index is 13.0. The molecule has 0 radical (unpaired) electrons. The van der Waals surface area contributed by atoms with E-state index in [1.807, 2.05) is 43.3 Å². The highest BCUT2D eigenvalue weighted by molar-refractivity contribution is 5.62. The number of benzene rings is 2. The van der Waals surface area contributed by atoms with Crippen LogP contribution in [0.5, 0.6) is 0 Å². The van der Waals surface area contributed by atoms with E-state index in [4.69, 9.17) is 0 Å². The van der Waals surface area contributed by atoms with Gasteiger partial charge in [-0.1, -0.05) is 0 Å². The summed E-state index contributed by atoms with van der Waals surface area (Å²) < 4.78 is 26.0. The molecule has 0 heterocycles. The second-order valence-electron chi connectivity index (χ2n) is 4.22. The van der Waals surface area contributed by atoms with E-state index < -0.39 is 11.6 Å². The Labute approximate surface area is 105 Å². The molecule has 0 saturated carbocycles. The third-order valence-electron chi connectivity index (χ3n) is 2.53. The third-order valence-corrected chi connectivity index (χ3v) is 2.53. The molecule has 0 amide bonds. The molecule has 0 aliphatic rings. The number of anilines is 3. The van der Waals surface area contributed by atoms with Crippen molar-refractivity contribution in [2.75, 3.05) is 24.3 Å². The van der Waals surface area contributed by atoms with Crippen molar-refractivity contribution >= 4 is 17.1 Å². The highest BCUT2D eigenvalue weighted by Gasteiger charge is 2.01. The Balaban J connectivity index is 2.18. The molecule has 0 spiro atoms. The van der Waals surface area contributed by atoms with Crippen LogP contribution in [0.3, 0.4) is 0 Å². The van der Waals surface area contributed by atoms with Gasteiger partial charge in [-0.2, -0.15) is 0 Å². The van der Waals surface area contributed by atoms with E-state index in [0.29, 0.717) is 5.69 Å². The topological polar surface area (TPSA) is 15.3 Å². The van der Waals surface area contributed by atoms with Crippen LogP contribution in [0.1, 0.15) is 0 Å². The van der Waals surface area contributed by atoms with Gasteiger partial charge in [-0.25, -0.2) is 8.78 Å². The van der Waals surface area contributed by atoms with E-state index in [0.717, 1.165) is 17.4 Å². The van der Waals surface area contributed by atoms with Crippen LogP contribution in [0.2, 0.25) is 0 Å². The zero-order valence-corrected chi connectivity index (χ0v) is 10.2. The lowest BCUT2D eigenvalue weighted by atomic mass is 10.2. The van der Waals surface area contributed by atoms with E-state index >= 15 is 0 Å². The predicted octanol–water partition coefficient (Wildman–Crippen LogP) is 3.77. The van der Waals surface area contributed by atoms with Crippen LogP contribution in [0, 0.1) is 11.6 Å². The van der Waals surface area contributed by atoms with Gasteiger partial charge < -0.3 is 10.2 Å². The van der Waals surface area contributed by atoms with Crippen LogP contribution >= 0.6 is 0 Å². The summed E-state index contributed by atoms with van der Waals surface area (Å²) in [5.41, 5.74) is 2.24. The summed E-state index contributed by atoms with van der Waals surface area (Å²) in [4.78, 5) is 1.98. The quantitative estimate of drug-likeness (QED) is 0.889. The second-order valence-corrected chi connectivity index (χ2v) is 4.22. The number of hydrogen-bond acceptors (Lipinski definition) is 2. The lowest BCUT2D eigenvalue weighted by Crippen LogP contribution is -2.08. The molecule has 4 heteroatoms. The average Bonchev–Trinajstić information content (AvgIpc) is 2.28. The molecule has 1 N–H and O–H groups in total. The number of halogens is 2. The number of nitrogens with one attached hydrogen (secondary N) is 1. The van der Waals surface area contributed by atoms with Crippen molar-refractivity contribution in [3.63, 3.8) is 0 Å². The van der Waals surface area contributed by atoms with Gasteiger partial charge in [-0.3, -0.25) is 0 Å². The first-order chi connectivity index (χ1) is 8.54. The Bertz CT molecular complexity index is 516. The van der Waals surface area contributed by atoms with E-state index in [-0.39, 0.29) is 0 Å². The zero-order chi connectivity index (χ0) is 13.1. The molecular formula is C14H14F2N2. The Morgan fingerprint density at radius 1 is 0.833 bits per heavy atom. The van der Waals surface area contributed by atoms with Crippen molar-refractivity contribution in [3.05, 3.63) is 54.1 Å². The summed E-state index contributed by atoms with van der Waals surface area (Å²) in [7, 11) is 3.90.